The molecule has 0 saturated heterocycles. The predicted molar refractivity (Wildman–Crippen MR) is 127 cm³/mol. The van der Waals surface area contributed by atoms with Crippen LogP contribution in [0.1, 0.15) is 35.8 Å². The van der Waals surface area contributed by atoms with Gasteiger partial charge in [0.1, 0.15) is 0 Å². The van der Waals surface area contributed by atoms with Crippen LogP contribution in [0.15, 0.2) is 47.4 Å². The summed E-state index contributed by atoms with van der Waals surface area (Å²) in [6.07, 6.45) is 3.30. The molecule has 0 saturated carbocycles. The molecular weight excluding hydrogens is 420 g/mol. The number of para-hydroxylation sites is 2. The molecule has 0 bridgehead atoms. The summed E-state index contributed by atoms with van der Waals surface area (Å²) >= 11 is 0. The third-order valence-electron chi connectivity index (χ3n) is 5.70. The van der Waals surface area contributed by atoms with Gasteiger partial charge in [-0.1, -0.05) is 19.1 Å². The molecule has 0 radical (unpaired) electrons. The van der Waals surface area contributed by atoms with Gasteiger partial charge in [0, 0.05) is 37.7 Å². The molecule has 9 nitrogen and oxygen atoms in total. The van der Waals surface area contributed by atoms with Crippen molar-refractivity contribution in [2.24, 2.45) is 13.0 Å². The molecule has 1 unspecified atom stereocenters. The molecule has 0 fully saturated rings. The third kappa shape index (κ3) is 4.73. The van der Waals surface area contributed by atoms with Gasteiger partial charge in [0.25, 0.3) is 11.5 Å². The molecule has 9 heteroatoms. The maximum absolute atomic E-state index is 13.2. The van der Waals surface area contributed by atoms with E-state index in [1.54, 1.807) is 32.3 Å². The summed E-state index contributed by atoms with van der Waals surface area (Å²) in [5, 5.41) is 15.1. The van der Waals surface area contributed by atoms with E-state index in [4.69, 9.17) is 0 Å². The molecule has 3 N–H and O–H groups in total. The predicted octanol–water partition coefficient (Wildman–Crippen LogP) is 3.09. The SMILES string of the molecule is Cc1cc(C(=O)Nc2nc3ccccc3n2CCCC(C)CO)cc(-c2c[nH]n(C)c2=O)n1. The lowest BCUT2D eigenvalue weighted by Crippen LogP contribution is -2.18. The first-order valence-electron chi connectivity index (χ1n) is 11.0. The molecular formula is C24H28N6O3. The molecule has 0 spiro atoms. The van der Waals surface area contributed by atoms with Crippen molar-refractivity contribution in [3.8, 4) is 11.3 Å². The van der Waals surface area contributed by atoms with E-state index in [9.17, 15) is 14.7 Å². The van der Waals surface area contributed by atoms with Gasteiger partial charge in [0.05, 0.1) is 22.3 Å². The quantitative estimate of drug-likeness (QED) is 0.383. The molecule has 0 aliphatic rings. The number of aromatic nitrogens is 5. The van der Waals surface area contributed by atoms with Gasteiger partial charge in [-0.05, 0) is 49.9 Å². The Morgan fingerprint density at radius 3 is 2.76 bits per heavy atom. The summed E-state index contributed by atoms with van der Waals surface area (Å²) in [6, 6.07) is 11.0. The second-order valence-electron chi connectivity index (χ2n) is 8.39. The number of fused-ring (bicyclic) bond motifs is 1. The fraction of sp³-hybridized carbons (Fsp3) is 0.333. The molecule has 1 aromatic carbocycles. The highest BCUT2D eigenvalue weighted by atomic mass is 16.3. The number of carbonyl (C=O) groups excluding carboxylic acids is 1. The van der Waals surface area contributed by atoms with E-state index >= 15 is 0 Å². The number of aryl methyl sites for hydroxylation is 3. The lowest BCUT2D eigenvalue weighted by molar-refractivity contribution is 0.102. The van der Waals surface area contributed by atoms with Crippen LogP contribution in [0.3, 0.4) is 0 Å². The van der Waals surface area contributed by atoms with Crippen molar-refractivity contribution >= 4 is 22.9 Å². The lowest BCUT2D eigenvalue weighted by Gasteiger charge is -2.12. The summed E-state index contributed by atoms with van der Waals surface area (Å²) in [7, 11) is 1.63. The number of hydrogen-bond acceptors (Lipinski definition) is 5. The van der Waals surface area contributed by atoms with Crippen molar-refractivity contribution in [3.63, 3.8) is 0 Å². The fourth-order valence-electron chi connectivity index (χ4n) is 3.84. The van der Waals surface area contributed by atoms with E-state index in [1.807, 2.05) is 35.8 Å². The van der Waals surface area contributed by atoms with E-state index < -0.39 is 0 Å². The van der Waals surface area contributed by atoms with Gasteiger partial charge in [-0.25, -0.2) is 4.98 Å². The van der Waals surface area contributed by atoms with Gasteiger partial charge in [-0.2, -0.15) is 0 Å². The van der Waals surface area contributed by atoms with Crippen LogP contribution in [0, 0.1) is 12.8 Å². The van der Waals surface area contributed by atoms with Crippen molar-refractivity contribution in [2.45, 2.75) is 33.2 Å². The molecule has 4 aromatic rings. The molecule has 0 aliphatic carbocycles. The van der Waals surface area contributed by atoms with Crippen LogP contribution < -0.4 is 10.9 Å². The highest BCUT2D eigenvalue weighted by Crippen LogP contribution is 2.22. The van der Waals surface area contributed by atoms with Crippen LogP contribution in [-0.4, -0.2) is 41.9 Å². The Morgan fingerprint density at radius 1 is 1.24 bits per heavy atom. The second-order valence-corrected chi connectivity index (χ2v) is 8.39. The number of rotatable bonds is 8. The molecule has 1 amide bonds. The highest BCUT2D eigenvalue weighted by molar-refractivity contribution is 6.04. The Balaban J connectivity index is 1.63. The minimum atomic E-state index is -0.325. The summed E-state index contributed by atoms with van der Waals surface area (Å²) in [5.41, 5.74) is 3.39. The molecule has 0 aliphatic heterocycles. The molecule has 4 rings (SSSR count). The Morgan fingerprint density at radius 2 is 2.03 bits per heavy atom. The summed E-state index contributed by atoms with van der Waals surface area (Å²) < 4.78 is 3.35. The fourth-order valence-corrected chi connectivity index (χ4v) is 3.84. The van der Waals surface area contributed by atoms with Crippen LogP contribution in [-0.2, 0) is 13.6 Å². The molecule has 172 valence electrons. The number of anilines is 1. The third-order valence-corrected chi connectivity index (χ3v) is 5.70. The number of aliphatic hydroxyl groups is 1. The number of nitrogens with zero attached hydrogens (tertiary/aromatic N) is 4. The molecule has 3 heterocycles. The van der Waals surface area contributed by atoms with Crippen molar-refractivity contribution < 1.29 is 9.90 Å². The number of aliphatic hydroxyl groups excluding tert-OH is 1. The number of aromatic amines is 1. The Hall–Kier alpha value is -3.72. The molecule has 3 aromatic heterocycles. The van der Waals surface area contributed by atoms with E-state index in [1.165, 1.54) is 4.68 Å². The standard InChI is InChI=1S/C24H28N6O3/c1-15(14-31)7-6-10-30-21-9-5-4-8-19(21)27-24(30)28-22(32)17-11-16(2)26-20(12-17)18-13-25-29(3)23(18)33/h4-5,8-9,11-13,15,25,31H,6-7,10,14H2,1-3H3,(H,27,28,32). The van der Waals surface area contributed by atoms with Crippen LogP contribution >= 0.6 is 0 Å². The maximum atomic E-state index is 13.2. The van der Waals surface area contributed by atoms with Crippen molar-refractivity contribution in [1.29, 1.82) is 0 Å². The number of imidazole rings is 1. The number of H-pyrrole nitrogens is 1. The average Bonchev–Trinajstić information content (AvgIpc) is 3.32. The normalized spacial score (nSPS) is 12.2. The first-order chi connectivity index (χ1) is 15.9. The van der Waals surface area contributed by atoms with Crippen molar-refractivity contribution in [2.75, 3.05) is 11.9 Å². The largest absolute Gasteiger partial charge is 0.396 e. The number of amides is 1. The van der Waals surface area contributed by atoms with Crippen LogP contribution in [0.2, 0.25) is 0 Å². The zero-order valence-corrected chi connectivity index (χ0v) is 19.0. The monoisotopic (exact) mass is 448 g/mol. The molecule has 1 atom stereocenters. The minimum absolute atomic E-state index is 0.155. The zero-order valence-electron chi connectivity index (χ0n) is 19.0. The van der Waals surface area contributed by atoms with E-state index in [0.29, 0.717) is 35.0 Å². The van der Waals surface area contributed by atoms with E-state index in [2.05, 4.69) is 20.4 Å². The Kier molecular flexibility index (Phi) is 6.41. The summed E-state index contributed by atoms with van der Waals surface area (Å²) in [6.45, 7) is 4.62. The molecule has 33 heavy (non-hydrogen) atoms. The number of pyridine rings is 1. The van der Waals surface area contributed by atoms with E-state index in [-0.39, 0.29) is 24.0 Å². The topological polar surface area (TPSA) is 118 Å². The van der Waals surface area contributed by atoms with Gasteiger partial charge in [-0.3, -0.25) is 24.6 Å². The van der Waals surface area contributed by atoms with Gasteiger partial charge >= 0.3 is 0 Å². The van der Waals surface area contributed by atoms with Gasteiger partial charge in [0.2, 0.25) is 5.95 Å². The lowest BCUT2D eigenvalue weighted by atomic mass is 10.1. The Bertz CT molecular complexity index is 1350. The van der Waals surface area contributed by atoms with Gasteiger partial charge in [0.15, 0.2) is 0 Å². The van der Waals surface area contributed by atoms with Gasteiger partial charge < -0.3 is 14.8 Å². The van der Waals surface area contributed by atoms with Gasteiger partial charge in [-0.15, -0.1) is 0 Å². The van der Waals surface area contributed by atoms with Crippen LogP contribution in [0.4, 0.5) is 5.95 Å². The first kappa shape index (κ1) is 22.5. The summed E-state index contributed by atoms with van der Waals surface area (Å²) in [4.78, 5) is 34.6. The van der Waals surface area contributed by atoms with Crippen molar-refractivity contribution in [3.05, 3.63) is 64.2 Å². The highest BCUT2D eigenvalue weighted by Gasteiger charge is 2.17. The minimum Gasteiger partial charge on any atom is -0.396 e. The first-order valence-corrected chi connectivity index (χ1v) is 11.0. The Labute approximate surface area is 191 Å². The number of carbonyl (C=O) groups is 1. The van der Waals surface area contributed by atoms with Crippen LogP contribution in [0.5, 0.6) is 0 Å². The van der Waals surface area contributed by atoms with E-state index in [0.717, 1.165) is 23.9 Å². The number of nitrogens with one attached hydrogen (secondary N) is 2. The maximum Gasteiger partial charge on any atom is 0.275 e. The number of benzene rings is 1. The number of hydrogen-bond donors (Lipinski definition) is 3. The van der Waals surface area contributed by atoms with Crippen LogP contribution in [0.25, 0.3) is 22.3 Å². The van der Waals surface area contributed by atoms with Crippen molar-refractivity contribution in [1.82, 2.24) is 24.3 Å². The zero-order chi connectivity index (χ0) is 23.5. The second kappa shape index (κ2) is 9.41. The summed E-state index contributed by atoms with van der Waals surface area (Å²) in [5.74, 6) is 0.359. The average molecular weight is 449 g/mol. The smallest absolute Gasteiger partial charge is 0.275 e.